The molecule has 0 aromatic heterocycles. The Kier molecular flexibility index (Phi) is 3.53. The molecular weight excluding hydrogens is 322 g/mol. The van der Waals surface area contributed by atoms with Crippen LogP contribution in [0.25, 0.3) is 0 Å². The van der Waals surface area contributed by atoms with Gasteiger partial charge in [-0.2, -0.15) is 0 Å². The van der Waals surface area contributed by atoms with E-state index in [4.69, 9.17) is 0 Å². The molecule has 2 aromatic carbocycles. The first kappa shape index (κ1) is 15.8. The lowest BCUT2D eigenvalue weighted by atomic mass is 9.63. The Morgan fingerprint density at radius 2 is 1.85 bits per heavy atom. The van der Waals surface area contributed by atoms with Crippen molar-refractivity contribution in [3.8, 4) is 0 Å². The molecule has 1 heterocycles. The van der Waals surface area contributed by atoms with E-state index in [2.05, 4.69) is 48.2 Å². The smallest absolute Gasteiger partial charge is 0.231 e. The summed E-state index contributed by atoms with van der Waals surface area (Å²) >= 11 is 0. The summed E-state index contributed by atoms with van der Waals surface area (Å²) in [6.45, 7) is 2.08. The number of fused-ring (bicyclic) bond motifs is 2. The monoisotopic (exact) mass is 345 g/mol. The van der Waals surface area contributed by atoms with E-state index in [1.807, 2.05) is 6.07 Å². The van der Waals surface area contributed by atoms with Crippen molar-refractivity contribution < 1.29 is 9.59 Å². The second-order valence-corrected chi connectivity index (χ2v) is 8.11. The normalized spacial score (nSPS) is 29.3. The minimum Gasteiger partial charge on any atom is -0.309 e. The standard InChI is InChI=1S/C23H23NO2/c1-14-5-9-17(10-6-14)24-21-4-2-3-18-19-11-15(13-25)7-8-16(19)12-20(22(18)21)23(24)26/h5-11,13,18,20-22H,2-4,12H2,1H3. The van der Waals surface area contributed by atoms with Crippen LogP contribution in [0.15, 0.2) is 42.5 Å². The first-order valence-corrected chi connectivity index (χ1v) is 9.65. The van der Waals surface area contributed by atoms with Crippen LogP contribution in [0.1, 0.15) is 52.2 Å². The average molecular weight is 345 g/mol. The molecule has 1 aliphatic heterocycles. The zero-order chi connectivity index (χ0) is 17.8. The average Bonchev–Trinajstić information content (AvgIpc) is 2.95. The summed E-state index contributed by atoms with van der Waals surface area (Å²) < 4.78 is 0. The fraction of sp³-hybridized carbons (Fsp3) is 0.391. The van der Waals surface area contributed by atoms with Crippen molar-refractivity contribution in [3.63, 3.8) is 0 Å². The van der Waals surface area contributed by atoms with Gasteiger partial charge in [0.05, 0.1) is 0 Å². The Bertz CT molecular complexity index is 886. The van der Waals surface area contributed by atoms with E-state index in [0.717, 1.165) is 43.2 Å². The maximum absolute atomic E-state index is 13.4. The number of rotatable bonds is 2. The molecule has 2 aromatic rings. The predicted molar refractivity (Wildman–Crippen MR) is 102 cm³/mol. The lowest BCUT2D eigenvalue weighted by Crippen LogP contribution is -2.40. The van der Waals surface area contributed by atoms with Gasteiger partial charge in [-0.3, -0.25) is 9.59 Å². The Morgan fingerprint density at radius 3 is 2.62 bits per heavy atom. The van der Waals surface area contributed by atoms with Crippen LogP contribution in [-0.2, 0) is 11.2 Å². The fourth-order valence-corrected chi connectivity index (χ4v) is 5.62. The van der Waals surface area contributed by atoms with Gasteiger partial charge in [0.15, 0.2) is 0 Å². The van der Waals surface area contributed by atoms with E-state index in [1.165, 1.54) is 16.7 Å². The Labute approximate surface area is 154 Å². The molecule has 4 atom stereocenters. The van der Waals surface area contributed by atoms with Gasteiger partial charge in [-0.05, 0) is 67.3 Å². The number of aldehydes is 1. The first-order valence-electron chi connectivity index (χ1n) is 9.65. The molecule has 2 fully saturated rings. The summed E-state index contributed by atoms with van der Waals surface area (Å²) in [6.07, 6.45) is 5.10. The zero-order valence-corrected chi connectivity index (χ0v) is 15.0. The highest BCUT2D eigenvalue weighted by Crippen LogP contribution is 2.54. The molecule has 3 aliphatic rings. The van der Waals surface area contributed by atoms with Gasteiger partial charge in [0, 0.05) is 23.2 Å². The third-order valence-corrected chi connectivity index (χ3v) is 6.73. The van der Waals surface area contributed by atoms with E-state index in [-0.39, 0.29) is 5.92 Å². The first-order chi connectivity index (χ1) is 12.7. The molecule has 132 valence electrons. The SMILES string of the molecule is Cc1ccc(N2C(=O)C3Cc4ccc(C=O)cc4C4CCCC2C34)cc1. The van der Waals surface area contributed by atoms with Crippen LogP contribution in [0.5, 0.6) is 0 Å². The fourth-order valence-electron chi connectivity index (χ4n) is 5.62. The Hall–Kier alpha value is -2.42. The van der Waals surface area contributed by atoms with Crippen LogP contribution in [0.2, 0.25) is 0 Å². The number of carbonyl (C=O) groups excluding carboxylic acids is 2. The number of amides is 1. The van der Waals surface area contributed by atoms with E-state index in [0.29, 0.717) is 23.8 Å². The maximum atomic E-state index is 13.4. The van der Waals surface area contributed by atoms with Gasteiger partial charge in [0.2, 0.25) is 5.91 Å². The molecule has 26 heavy (non-hydrogen) atoms. The van der Waals surface area contributed by atoms with Crippen molar-refractivity contribution in [3.05, 3.63) is 64.7 Å². The molecule has 4 unspecified atom stereocenters. The van der Waals surface area contributed by atoms with Crippen molar-refractivity contribution in [1.82, 2.24) is 0 Å². The molecule has 3 heteroatoms. The number of hydrogen-bond acceptors (Lipinski definition) is 2. The molecule has 1 amide bonds. The topological polar surface area (TPSA) is 37.4 Å². The van der Waals surface area contributed by atoms with Crippen LogP contribution >= 0.6 is 0 Å². The summed E-state index contributed by atoms with van der Waals surface area (Å²) in [7, 11) is 0. The molecule has 0 radical (unpaired) electrons. The minimum absolute atomic E-state index is 0.0844. The third kappa shape index (κ3) is 2.19. The summed E-state index contributed by atoms with van der Waals surface area (Å²) in [5.41, 5.74) is 5.59. The number of anilines is 1. The lowest BCUT2D eigenvalue weighted by molar-refractivity contribution is -0.121. The van der Waals surface area contributed by atoms with Gasteiger partial charge in [0.25, 0.3) is 0 Å². The summed E-state index contributed by atoms with van der Waals surface area (Å²) in [5, 5.41) is 0. The highest BCUT2D eigenvalue weighted by molar-refractivity contribution is 5.99. The molecule has 1 saturated carbocycles. The van der Waals surface area contributed by atoms with Crippen molar-refractivity contribution in [2.75, 3.05) is 4.90 Å². The van der Waals surface area contributed by atoms with Gasteiger partial charge >= 0.3 is 0 Å². The van der Waals surface area contributed by atoms with Gasteiger partial charge in [-0.25, -0.2) is 0 Å². The molecule has 0 bridgehead atoms. The molecule has 2 aliphatic carbocycles. The van der Waals surface area contributed by atoms with Gasteiger partial charge in [0.1, 0.15) is 6.29 Å². The zero-order valence-electron chi connectivity index (χ0n) is 15.0. The highest BCUT2D eigenvalue weighted by atomic mass is 16.2. The van der Waals surface area contributed by atoms with Crippen molar-refractivity contribution in [1.29, 1.82) is 0 Å². The number of hydrogen-bond donors (Lipinski definition) is 0. The number of carbonyl (C=O) groups is 2. The summed E-state index contributed by atoms with van der Waals surface area (Å²) in [5.74, 6) is 1.16. The van der Waals surface area contributed by atoms with Crippen molar-refractivity contribution in [2.24, 2.45) is 11.8 Å². The van der Waals surface area contributed by atoms with Crippen LogP contribution in [-0.4, -0.2) is 18.2 Å². The van der Waals surface area contributed by atoms with Crippen molar-refractivity contribution >= 4 is 17.9 Å². The number of benzene rings is 2. The van der Waals surface area contributed by atoms with Gasteiger partial charge in [-0.15, -0.1) is 0 Å². The summed E-state index contributed by atoms with van der Waals surface area (Å²) in [4.78, 5) is 26.7. The van der Waals surface area contributed by atoms with E-state index < -0.39 is 0 Å². The number of nitrogens with zero attached hydrogens (tertiary/aromatic N) is 1. The lowest BCUT2D eigenvalue weighted by Gasteiger charge is -2.41. The second kappa shape index (κ2) is 5.80. The molecule has 3 nitrogen and oxygen atoms in total. The highest BCUT2D eigenvalue weighted by Gasteiger charge is 2.55. The van der Waals surface area contributed by atoms with Gasteiger partial charge < -0.3 is 4.90 Å². The maximum Gasteiger partial charge on any atom is 0.231 e. The molecular formula is C23H23NO2. The quantitative estimate of drug-likeness (QED) is 0.762. The molecule has 5 rings (SSSR count). The third-order valence-electron chi connectivity index (χ3n) is 6.73. The van der Waals surface area contributed by atoms with E-state index in [9.17, 15) is 9.59 Å². The van der Waals surface area contributed by atoms with E-state index in [1.54, 1.807) is 0 Å². The predicted octanol–water partition coefficient (Wildman–Crippen LogP) is 4.28. The molecule has 1 saturated heterocycles. The largest absolute Gasteiger partial charge is 0.309 e. The van der Waals surface area contributed by atoms with Crippen LogP contribution in [0.3, 0.4) is 0 Å². The number of aryl methyl sites for hydroxylation is 1. The Balaban J connectivity index is 1.59. The van der Waals surface area contributed by atoms with Crippen LogP contribution in [0, 0.1) is 18.8 Å². The minimum atomic E-state index is 0.0844. The van der Waals surface area contributed by atoms with Crippen molar-refractivity contribution in [2.45, 2.75) is 44.6 Å². The van der Waals surface area contributed by atoms with E-state index >= 15 is 0 Å². The molecule has 0 N–H and O–H groups in total. The molecule has 0 spiro atoms. The Morgan fingerprint density at radius 1 is 1.04 bits per heavy atom. The summed E-state index contributed by atoms with van der Waals surface area (Å²) in [6, 6.07) is 14.7. The van der Waals surface area contributed by atoms with Crippen LogP contribution in [0.4, 0.5) is 5.69 Å². The second-order valence-electron chi connectivity index (χ2n) is 8.11. The van der Waals surface area contributed by atoms with Gasteiger partial charge in [-0.1, -0.05) is 36.2 Å². The van der Waals surface area contributed by atoms with Crippen LogP contribution < -0.4 is 4.90 Å².